The number of rotatable bonds is 2. The van der Waals surface area contributed by atoms with Crippen molar-refractivity contribution in [3.05, 3.63) is 151 Å². The highest BCUT2D eigenvalue weighted by atomic mass is 15.0. The van der Waals surface area contributed by atoms with Crippen LogP contribution in [0.15, 0.2) is 146 Å². The summed E-state index contributed by atoms with van der Waals surface area (Å²) in [5.74, 6) is 0. The van der Waals surface area contributed by atoms with Gasteiger partial charge in [0.2, 0.25) is 0 Å². The van der Waals surface area contributed by atoms with Gasteiger partial charge < -0.3 is 4.57 Å². The maximum atomic E-state index is 2.40. The first-order valence-corrected chi connectivity index (χ1v) is 14.6. The van der Waals surface area contributed by atoms with Crippen LogP contribution in [0.1, 0.15) is 5.56 Å². The molecule has 0 bridgehead atoms. The van der Waals surface area contributed by atoms with E-state index in [1.54, 1.807) is 0 Å². The lowest BCUT2D eigenvalue weighted by Gasteiger charge is -2.17. The maximum absolute atomic E-state index is 2.40. The summed E-state index contributed by atoms with van der Waals surface area (Å²) in [6, 6.07) is 53.7. The summed E-state index contributed by atoms with van der Waals surface area (Å²) < 4.78 is 2.40. The summed E-state index contributed by atoms with van der Waals surface area (Å²) in [6.07, 6.45) is 0. The number of benzene rings is 8. The van der Waals surface area contributed by atoms with Crippen molar-refractivity contribution in [1.82, 2.24) is 4.57 Å². The molecule has 196 valence electrons. The summed E-state index contributed by atoms with van der Waals surface area (Å²) in [6.45, 7) is 2.17. The predicted molar refractivity (Wildman–Crippen MR) is 181 cm³/mol. The Labute approximate surface area is 243 Å². The Hall–Kier alpha value is -5.40. The van der Waals surface area contributed by atoms with Gasteiger partial charge in [0, 0.05) is 16.5 Å². The molecule has 1 heteroatoms. The van der Waals surface area contributed by atoms with Crippen LogP contribution in [0.25, 0.3) is 81.7 Å². The highest BCUT2D eigenvalue weighted by Gasteiger charge is 2.17. The van der Waals surface area contributed by atoms with Gasteiger partial charge >= 0.3 is 0 Å². The molecular weight excluding hydrogens is 506 g/mol. The number of hydrogen-bond acceptors (Lipinski definition) is 0. The van der Waals surface area contributed by atoms with Crippen LogP contribution in [0, 0.1) is 6.92 Å². The van der Waals surface area contributed by atoms with E-state index in [-0.39, 0.29) is 0 Å². The average Bonchev–Trinajstić information content (AvgIpc) is 3.37. The van der Waals surface area contributed by atoms with Gasteiger partial charge in [-0.15, -0.1) is 0 Å². The summed E-state index contributed by atoms with van der Waals surface area (Å²) >= 11 is 0. The van der Waals surface area contributed by atoms with Gasteiger partial charge in [0.05, 0.1) is 11.0 Å². The SMILES string of the molecule is Cc1ccc2c(c1)c1ccccc1n2-c1ccc(-c2c3ccccc3cc3c4ccccc4c4ccccc4c23)cc1. The summed E-state index contributed by atoms with van der Waals surface area (Å²) in [7, 11) is 0. The second-order valence-electron chi connectivity index (χ2n) is 11.4. The van der Waals surface area contributed by atoms with Crippen LogP contribution in [-0.2, 0) is 0 Å². The molecule has 0 amide bonds. The van der Waals surface area contributed by atoms with Crippen molar-refractivity contribution in [3.8, 4) is 16.8 Å². The van der Waals surface area contributed by atoms with Gasteiger partial charge in [-0.05, 0) is 97.5 Å². The van der Waals surface area contributed by atoms with Gasteiger partial charge in [-0.1, -0.05) is 115 Å². The third kappa shape index (κ3) is 3.25. The second-order valence-corrected chi connectivity index (χ2v) is 11.4. The minimum atomic E-state index is 1.17. The minimum absolute atomic E-state index is 1.17. The van der Waals surface area contributed by atoms with E-state index in [9.17, 15) is 0 Å². The molecule has 8 aromatic carbocycles. The second kappa shape index (κ2) is 8.80. The molecule has 0 atom stereocenters. The van der Waals surface area contributed by atoms with Crippen molar-refractivity contribution in [2.45, 2.75) is 6.92 Å². The third-order valence-electron chi connectivity index (χ3n) is 9.00. The van der Waals surface area contributed by atoms with Crippen molar-refractivity contribution in [1.29, 1.82) is 0 Å². The van der Waals surface area contributed by atoms with Crippen LogP contribution in [-0.4, -0.2) is 4.57 Å². The van der Waals surface area contributed by atoms with Crippen molar-refractivity contribution in [2.24, 2.45) is 0 Å². The van der Waals surface area contributed by atoms with Gasteiger partial charge in [-0.3, -0.25) is 0 Å². The lowest BCUT2D eigenvalue weighted by atomic mass is 9.86. The third-order valence-corrected chi connectivity index (χ3v) is 9.00. The average molecular weight is 534 g/mol. The van der Waals surface area contributed by atoms with Crippen molar-refractivity contribution in [2.75, 3.05) is 0 Å². The lowest BCUT2D eigenvalue weighted by Crippen LogP contribution is -1.94. The number of fused-ring (bicyclic) bond motifs is 10. The Morgan fingerprint density at radius 3 is 1.74 bits per heavy atom. The quantitative estimate of drug-likeness (QED) is 0.154. The number of aromatic nitrogens is 1. The first-order valence-electron chi connectivity index (χ1n) is 14.6. The molecule has 0 spiro atoms. The molecule has 1 nitrogen and oxygen atoms in total. The zero-order valence-electron chi connectivity index (χ0n) is 23.3. The molecule has 0 unspecified atom stereocenters. The van der Waals surface area contributed by atoms with Gasteiger partial charge in [0.25, 0.3) is 0 Å². The number of hydrogen-bond donors (Lipinski definition) is 0. The molecule has 0 N–H and O–H groups in total. The Kier molecular flexibility index (Phi) is 4.88. The van der Waals surface area contributed by atoms with Gasteiger partial charge in [-0.25, -0.2) is 0 Å². The van der Waals surface area contributed by atoms with Crippen LogP contribution in [0.2, 0.25) is 0 Å². The number of para-hydroxylation sites is 1. The minimum Gasteiger partial charge on any atom is -0.309 e. The molecule has 0 saturated carbocycles. The van der Waals surface area contributed by atoms with Gasteiger partial charge in [0.15, 0.2) is 0 Å². The van der Waals surface area contributed by atoms with Crippen molar-refractivity contribution < 1.29 is 0 Å². The van der Waals surface area contributed by atoms with E-state index in [0.29, 0.717) is 0 Å². The molecule has 42 heavy (non-hydrogen) atoms. The smallest absolute Gasteiger partial charge is 0.0541 e. The summed E-state index contributed by atoms with van der Waals surface area (Å²) in [5, 5.41) is 13.0. The normalized spacial score (nSPS) is 11.9. The molecule has 0 radical (unpaired) electrons. The fraction of sp³-hybridized carbons (Fsp3) is 0.0244. The molecule has 1 aromatic heterocycles. The molecule has 0 saturated heterocycles. The van der Waals surface area contributed by atoms with E-state index in [2.05, 4.69) is 157 Å². The van der Waals surface area contributed by atoms with Crippen LogP contribution in [0.3, 0.4) is 0 Å². The largest absolute Gasteiger partial charge is 0.309 e. The highest BCUT2D eigenvalue weighted by molar-refractivity contribution is 6.32. The summed E-state index contributed by atoms with van der Waals surface area (Å²) in [4.78, 5) is 0. The molecule has 0 aliphatic carbocycles. The molecule has 0 aliphatic rings. The Morgan fingerprint density at radius 1 is 0.405 bits per heavy atom. The van der Waals surface area contributed by atoms with Gasteiger partial charge in [-0.2, -0.15) is 0 Å². The Balaban J connectivity index is 1.36. The number of aryl methyl sites for hydroxylation is 1. The monoisotopic (exact) mass is 533 g/mol. The topological polar surface area (TPSA) is 4.93 Å². The first kappa shape index (κ1) is 23.3. The summed E-state index contributed by atoms with van der Waals surface area (Å²) in [5.41, 5.74) is 7.46. The van der Waals surface area contributed by atoms with E-state index in [1.807, 2.05) is 0 Å². The van der Waals surface area contributed by atoms with Crippen molar-refractivity contribution in [3.63, 3.8) is 0 Å². The van der Waals surface area contributed by atoms with Crippen LogP contribution < -0.4 is 0 Å². The van der Waals surface area contributed by atoms with Crippen molar-refractivity contribution >= 4 is 64.9 Å². The van der Waals surface area contributed by atoms with E-state index in [0.717, 1.165) is 0 Å². The van der Waals surface area contributed by atoms with E-state index < -0.39 is 0 Å². The van der Waals surface area contributed by atoms with E-state index in [4.69, 9.17) is 0 Å². The van der Waals surface area contributed by atoms with E-state index in [1.165, 1.54) is 87.3 Å². The molecule has 1 heterocycles. The standard InChI is InChI=1S/C41H27N/c1-26-18-23-39-36(24-26)34-15-8-9-17-38(34)42(39)29-21-19-27(20-22-29)40-30-11-3-2-10-28(30)25-37-33-14-5-4-12-31(33)32-13-6-7-16-35(32)41(37)40/h2-25H,1H3. The molecule has 0 fully saturated rings. The van der Waals surface area contributed by atoms with E-state index >= 15 is 0 Å². The lowest BCUT2D eigenvalue weighted by molar-refractivity contribution is 1.18. The first-order chi connectivity index (χ1) is 20.8. The van der Waals surface area contributed by atoms with Gasteiger partial charge in [0.1, 0.15) is 0 Å². The van der Waals surface area contributed by atoms with Crippen LogP contribution >= 0.6 is 0 Å². The molecule has 9 rings (SSSR count). The fourth-order valence-corrected chi connectivity index (χ4v) is 7.17. The molecule has 0 aliphatic heterocycles. The Morgan fingerprint density at radius 2 is 0.976 bits per heavy atom. The van der Waals surface area contributed by atoms with Crippen LogP contribution in [0.5, 0.6) is 0 Å². The molecular formula is C41H27N. The van der Waals surface area contributed by atoms with Crippen LogP contribution in [0.4, 0.5) is 0 Å². The Bertz CT molecular complexity index is 2510. The zero-order valence-corrected chi connectivity index (χ0v) is 23.3. The fourth-order valence-electron chi connectivity index (χ4n) is 7.17. The zero-order chi connectivity index (χ0) is 27.8. The maximum Gasteiger partial charge on any atom is 0.0541 e. The predicted octanol–water partition coefficient (Wildman–Crippen LogP) is 11.4. The molecule has 9 aromatic rings. The highest BCUT2D eigenvalue weighted by Crippen LogP contribution is 2.44. The number of nitrogens with zero attached hydrogens (tertiary/aromatic N) is 1.